The minimum Gasteiger partial charge on any atom is -0.338 e. The van der Waals surface area contributed by atoms with Crippen LogP contribution in [0, 0.1) is 27.7 Å². The van der Waals surface area contributed by atoms with Gasteiger partial charge in [0, 0.05) is 58.5 Å². The normalized spacial score (nSPS) is 11.6. The molecule has 0 radical (unpaired) electrons. The number of benzene rings is 2. The van der Waals surface area contributed by atoms with Crippen LogP contribution in [-0.4, -0.2) is 13.3 Å². The Hall–Kier alpha value is -3.32. The van der Waals surface area contributed by atoms with Crippen LogP contribution in [0.3, 0.4) is 0 Å². The molecule has 3 nitrogen and oxygen atoms in total. The van der Waals surface area contributed by atoms with Crippen LogP contribution in [0.4, 0.5) is 0 Å². The van der Waals surface area contributed by atoms with E-state index in [1.165, 1.54) is 75.3 Å². The minimum atomic E-state index is 0.374. The first-order chi connectivity index (χ1) is 18.8. The van der Waals surface area contributed by atoms with Gasteiger partial charge in [-0.25, -0.2) is 0 Å². The van der Waals surface area contributed by atoms with Crippen molar-refractivity contribution in [3.05, 3.63) is 94.6 Å². The molecule has 0 aliphatic heterocycles. The molecule has 196 valence electrons. The summed E-state index contributed by atoms with van der Waals surface area (Å²) < 4.78 is 11.5. The highest BCUT2D eigenvalue weighted by Crippen LogP contribution is 2.41. The summed E-state index contributed by atoms with van der Waals surface area (Å²) in [5.74, 6) is 0. The average molecular weight is 566 g/mol. The molecule has 4 heterocycles. The summed E-state index contributed by atoms with van der Waals surface area (Å²) in [5, 5.41) is 2.64. The van der Waals surface area contributed by atoms with Gasteiger partial charge in [0.15, 0.2) is 0 Å². The zero-order valence-corrected chi connectivity index (χ0v) is 25.5. The smallest absolute Gasteiger partial charge is 0.0678 e. The SMILES string of the molecule is Cc1ccc2c3ccc(-c4sc(-c5ccc(-c6cc(C)c(C)s6)cnsnc5)cc4C)cc3n(C(C)C)c2c1. The number of hydrogen-bond acceptors (Lipinski definition) is 5. The molecule has 0 bridgehead atoms. The average Bonchev–Trinajstić information content (AvgIpc) is 3.57. The number of fused-ring (bicyclic) bond motifs is 3. The van der Waals surface area contributed by atoms with E-state index in [1.807, 2.05) is 35.1 Å². The maximum Gasteiger partial charge on any atom is 0.0678 e. The zero-order chi connectivity index (χ0) is 27.3. The lowest BCUT2D eigenvalue weighted by molar-refractivity contribution is 0.642. The fraction of sp³-hybridized carbons (Fsp3) is 0.212. The van der Waals surface area contributed by atoms with E-state index >= 15 is 0 Å². The van der Waals surface area contributed by atoms with Gasteiger partial charge in [-0.05, 0) is 88.1 Å². The molecule has 6 heteroatoms. The largest absolute Gasteiger partial charge is 0.338 e. The summed E-state index contributed by atoms with van der Waals surface area (Å²) in [6, 6.07) is 23.0. The Morgan fingerprint density at radius 3 is 1.87 bits per heavy atom. The van der Waals surface area contributed by atoms with Crippen LogP contribution in [0.1, 0.15) is 41.5 Å². The molecule has 2 aromatic carbocycles. The van der Waals surface area contributed by atoms with E-state index in [0.29, 0.717) is 6.04 Å². The van der Waals surface area contributed by atoms with E-state index in [9.17, 15) is 0 Å². The number of hydrogen-bond donors (Lipinski definition) is 0. The fourth-order valence-electron chi connectivity index (χ4n) is 5.23. The van der Waals surface area contributed by atoms with E-state index in [2.05, 4.69) is 116 Å². The third-order valence-electron chi connectivity index (χ3n) is 7.31. The maximum absolute atomic E-state index is 4.51. The monoisotopic (exact) mass is 565 g/mol. The quantitative estimate of drug-likeness (QED) is 0.213. The van der Waals surface area contributed by atoms with Gasteiger partial charge in [-0.1, -0.05) is 36.4 Å². The molecule has 0 saturated heterocycles. The van der Waals surface area contributed by atoms with Crippen molar-refractivity contribution in [1.29, 1.82) is 0 Å². The minimum absolute atomic E-state index is 0.374. The predicted octanol–water partition coefficient (Wildman–Crippen LogP) is 10.7. The molecule has 4 aromatic heterocycles. The summed E-state index contributed by atoms with van der Waals surface area (Å²) >= 11 is 4.87. The predicted molar refractivity (Wildman–Crippen MR) is 172 cm³/mol. The fourth-order valence-corrected chi connectivity index (χ4v) is 7.79. The lowest BCUT2D eigenvalue weighted by atomic mass is 10.1. The standard InChI is InChI=1S/C33H31N3S3/c1-19(2)36-29-13-20(3)7-11-27(29)28-12-10-24(16-30(28)36)33-22(5)15-32(38-33)26-9-8-25(17-34-39-35-18-26)31-14-21(4)23(6)37-31/h7-19H,1-6H3. The van der Waals surface area contributed by atoms with Crippen LogP contribution in [0.25, 0.3) is 53.1 Å². The molecule has 0 saturated carbocycles. The Kier molecular flexibility index (Phi) is 6.88. The summed E-state index contributed by atoms with van der Waals surface area (Å²) in [4.78, 5) is 5.09. The Morgan fingerprint density at radius 2 is 1.23 bits per heavy atom. The molecule has 0 aliphatic rings. The van der Waals surface area contributed by atoms with Gasteiger partial charge in [0.2, 0.25) is 0 Å². The third-order valence-corrected chi connectivity index (χ3v) is 10.2. The summed E-state index contributed by atoms with van der Waals surface area (Å²) in [5.41, 5.74) is 9.97. The van der Waals surface area contributed by atoms with Crippen molar-refractivity contribution >= 4 is 56.2 Å². The molecule has 0 atom stereocenters. The molecule has 0 aliphatic carbocycles. The van der Waals surface area contributed by atoms with Crippen LogP contribution in [0.5, 0.6) is 0 Å². The van der Waals surface area contributed by atoms with Gasteiger partial charge >= 0.3 is 0 Å². The summed E-state index contributed by atoms with van der Waals surface area (Å²) in [6.45, 7) is 13.3. The number of aromatic nitrogens is 3. The highest BCUT2D eigenvalue weighted by Gasteiger charge is 2.16. The van der Waals surface area contributed by atoms with Gasteiger partial charge < -0.3 is 4.57 Å². The highest BCUT2D eigenvalue weighted by molar-refractivity contribution is 7.19. The molecule has 0 fully saturated rings. The number of rotatable bonds is 4. The lowest BCUT2D eigenvalue weighted by Crippen LogP contribution is -2.00. The molecule has 0 spiro atoms. The second-order valence-corrected chi connectivity index (χ2v) is 13.4. The van der Waals surface area contributed by atoms with Gasteiger partial charge in [-0.3, -0.25) is 0 Å². The van der Waals surface area contributed by atoms with E-state index in [-0.39, 0.29) is 0 Å². The Balaban J connectivity index is 1.46. The van der Waals surface area contributed by atoms with Crippen LogP contribution in [0.15, 0.2) is 73.1 Å². The van der Waals surface area contributed by atoms with Crippen molar-refractivity contribution < 1.29 is 0 Å². The molecule has 0 unspecified atom stereocenters. The highest BCUT2D eigenvalue weighted by atomic mass is 32.1. The van der Waals surface area contributed by atoms with Crippen molar-refractivity contribution in [3.63, 3.8) is 0 Å². The Bertz CT molecular complexity index is 1880. The van der Waals surface area contributed by atoms with Crippen molar-refractivity contribution in [2.24, 2.45) is 0 Å². The second kappa shape index (κ2) is 10.3. The Labute approximate surface area is 242 Å². The molecular weight excluding hydrogens is 535 g/mol. The first-order valence-electron chi connectivity index (χ1n) is 13.2. The summed E-state index contributed by atoms with van der Waals surface area (Å²) in [6.07, 6.45) is 3.85. The van der Waals surface area contributed by atoms with E-state index < -0.39 is 0 Å². The topological polar surface area (TPSA) is 30.7 Å². The first-order valence-corrected chi connectivity index (χ1v) is 15.5. The molecule has 6 aromatic rings. The van der Waals surface area contributed by atoms with Crippen LogP contribution >= 0.6 is 34.4 Å². The number of thiophene rings is 2. The van der Waals surface area contributed by atoms with E-state index in [4.69, 9.17) is 0 Å². The van der Waals surface area contributed by atoms with Crippen molar-refractivity contribution in [3.8, 4) is 31.3 Å². The van der Waals surface area contributed by atoms with Crippen molar-refractivity contribution in [1.82, 2.24) is 13.3 Å². The molecule has 0 amide bonds. The van der Waals surface area contributed by atoms with Crippen LogP contribution in [0.2, 0.25) is 0 Å². The lowest BCUT2D eigenvalue weighted by Gasteiger charge is -2.12. The second-order valence-electron chi connectivity index (χ2n) is 10.5. The Morgan fingerprint density at radius 1 is 0.641 bits per heavy atom. The van der Waals surface area contributed by atoms with Gasteiger partial charge in [0.25, 0.3) is 0 Å². The summed E-state index contributed by atoms with van der Waals surface area (Å²) in [7, 11) is 0. The van der Waals surface area contributed by atoms with Gasteiger partial charge in [0.05, 0.1) is 24.1 Å². The third kappa shape index (κ3) is 4.82. The van der Waals surface area contributed by atoms with Crippen molar-refractivity contribution in [2.75, 3.05) is 0 Å². The van der Waals surface area contributed by atoms with Gasteiger partial charge in [-0.2, -0.15) is 8.75 Å². The van der Waals surface area contributed by atoms with E-state index in [1.54, 1.807) is 0 Å². The molecule has 6 rings (SSSR count). The first kappa shape index (κ1) is 25.9. The number of nitrogens with zero attached hydrogens (tertiary/aromatic N) is 3. The van der Waals surface area contributed by atoms with Crippen LogP contribution < -0.4 is 0 Å². The molecule has 39 heavy (non-hydrogen) atoms. The molecular formula is C33H31N3S3. The van der Waals surface area contributed by atoms with Gasteiger partial charge in [-0.15, -0.1) is 22.7 Å². The van der Waals surface area contributed by atoms with E-state index in [0.717, 1.165) is 11.1 Å². The van der Waals surface area contributed by atoms with Crippen LogP contribution in [-0.2, 0) is 0 Å². The zero-order valence-electron chi connectivity index (χ0n) is 23.1. The van der Waals surface area contributed by atoms with Gasteiger partial charge in [0.1, 0.15) is 0 Å². The van der Waals surface area contributed by atoms with Crippen molar-refractivity contribution in [2.45, 2.75) is 47.6 Å². The number of aryl methyl sites for hydroxylation is 4. The molecule has 0 N–H and O–H groups in total. The maximum atomic E-state index is 4.51.